The van der Waals surface area contributed by atoms with E-state index >= 15 is 0 Å². The smallest absolute Gasteiger partial charge is 0.138 e. The zero-order valence-electron chi connectivity index (χ0n) is 10.1. The van der Waals surface area contributed by atoms with E-state index in [0.717, 1.165) is 11.1 Å². The van der Waals surface area contributed by atoms with Gasteiger partial charge in [0.05, 0.1) is 5.02 Å². The number of rotatable bonds is 4. The number of nitrogens with two attached hydrogens (primary N) is 1. The lowest BCUT2D eigenvalue weighted by molar-refractivity contribution is 0.306. The first-order valence-corrected chi connectivity index (χ1v) is 6.11. The summed E-state index contributed by atoms with van der Waals surface area (Å²) in [5, 5.41) is 0.577. The summed E-state index contributed by atoms with van der Waals surface area (Å²) in [4.78, 5) is 4.03. The van der Waals surface area contributed by atoms with Gasteiger partial charge in [0.25, 0.3) is 0 Å². The van der Waals surface area contributed by atoms with Gasteiger partial charge in [-0.3, -0.25) is 4.98 Å². The molecule has 0 saturated carbocycles. The van der Waals surface area contributed by atoms with E-state index in [-0.39, 0.29) is 6.04 Å². The van der Waals surface area contributed by atoms with Gasteiger partial charge in [0.15, 0.2) is 0 Å². The molecule has 4 heteroatoms. The Balaban J connectivity index is 2.06. The van der Waals surface area contributed by atoms with Crippen LogP contribution in [0.15, 0.2) is 42.7 Å². The Bertz CT molecular complexity index is 514. The Hall–Kier alpha value is -1.58. The lowest BCUT2D eigenvalue weighted by Gasteiger charge is -2.11. The van der Waals surface area contributed by atoms with Crippen molar-refractivity contribution in [3.8, 4) is 5.75 Å². The Morgan fingerprint density at radius 3 is 2.83 bits per heavy atom. The molecule has 2 N–H and O–H groups in total. The van der Waals surface area contributed by atoms with E-state index in [4.69, 9.17) is 22.1 Å². The lowest BCUT2D eigenvalue weighted by atomic mass is 10.1. The Morgan fingerprint density at radius 2 is 2.22 bits per heavy atom. The second kappa shape index (κ2) is 5.85. The summed E-state index contributed by atoms with van der Waals surface area (Å²) in [6.07, 6.45) is 3.50. The van der Waals surface area contributed by atoms with Crippen LogP contribution in [0.25, 0.3) is 0 Å². The highest BCUT2D eigenvalue weighted by atomic mass is 35.5. The highest BCUT2D eigenvalue weighted by Gasteiger charge is 2.06. The monoisotopic (exact) mass is 262 g/mol. The van der Waals surface area contributed by atoms with Crippen molar-refractivity contribution in [2.75, 3.05) is 0 Å². The fourth-order valence-electron chi connectivity index (χ4n) is 1.56. The topological polar surface area (TPSA) is 48.1 Å². The molecule has 0 saturated heterocycles. The lowest BCUT2D eigenvalue weighted by Crippen LogP contribution is -2.05. The van der Waals surface area contributed by atoms with Gasteiger partial charge in [0.1, 0.15) is 12.4 Å². The molecule has 0 radical (unpaired) electrons. The van der Waals surface area contributed by atoms with Crippen molar-refractivity contribution in [1.82, 2.24) is 4.98 Å². The number of ether oxygens (including phenoxy) is 1. The van der Waals surface area contributed by atoms with Crippen molar-refractivity contribution in [3.63, 3.8) is 0 Å². The average Bonchev–Trinajstić information content (AvgIpc) is 2.38. The number of halogens is 1. The SMILES string of the molecule is CC(N)c1ccc(OCc2cccnc2)c(Cl)c1. The molecule has 1 atom stereocenters. The van der Waals surface area contributed by atoms with Crippen LogP contribution in [0.4, 0.5) is 0 Å². The van der Waals surface area contributed by atoms with Gasteiger partial charge >= 0.3 is 0 Å². The minimum atomic E-state index is -0.0325. The quantitative estimate of drug-likeness (QED) is 0.919. The Morgan fingerprint density at radius 1 is 1.39 bits per heavy atom. The molecular formula is C14H15ClN2O. The molecule has 0 aliphatic carbocycles. The normalized spacial score (nSPS) is 12.2. The maximum absolute atomic E-state index is 6.14. The van der Waals surface area contributed by atoms with Gasteiger partial charge in [-0.15, -0.1) is 0 Å². The number of aromatic nitrogens is 1. The van der Waals surface area contributed by atoms with Crippen molar-refractivity contribution in [2.45, 2.75) is 19.6 Å². The predicted molar refractivity (Wildman–Crippen MR) is 72.6 cm³/mol. The van der Waals surface area contributed by atoms with Crippen molar-refractivity contribution < 1.29 is 4.74 Å². The molecule has 0 spiro atoms. The van der Waals surface area contributed by atoms with Crippen LogP contribution in [0.1, 0.15) is 24.1 Å². The van der Waals surface area contributed by atoms with Gasteiger partial charge in [0, 0.05) is 24.0 Å². The second-order valence-corrected chi connectivity index (χ2v) is 4.54. The van der Waals surface area contributed by atoms with E-state index < -0.39 is 0 Å². The summed E-state index contributed by atoms with van der Waals surface area (Å²) in [6, 6.07) is 9.41. The van der Waals surface area contributed by atoms with Crippen LogP contribution in [0, 0.1) is 0 Å². The van der Waals surface area contributed by atoms with Crippen LogP contribution in [0.3, 0.4) is 0 Å². The van der Waals surface area contributed by atoms with E-state index in [1.165, 1.54) is 0 Å². The third kappa shape index (κ3) is 3.22. The second-order valence-electron chi connectivity index (χ2n) is 4.13. The maximum atomic E-state index is 6.14. The van der Waals surface area contributed by atoms with E-state index in [2.05, 4.69) is 4.98 Å². The number of hydrogen-bond donors (Lipinski definition) is 1. The summed E-state index contributed by atoms with van der Waals surface area (Å²) in [5.41, 5.74) is 7.79. The molecule has 0 aliphatic heterocycles. The molecule has 0 bridgehead atoms. The van der Waals surface area contributed by atoms with Gasteiger partial charge < -0.3 is 10.5 Å². The summed E-state index contributed by atoms with van der Waals surface area (Å²) >= 11 is 6.14. The molecule has 3 nitrogen and oxygen atoms in total. The highest BCUT2D eigenvalue weighted by molar-refractivity contribution is 6.32. The summed E-state index contributed by atoms with van der Waals surface area (Å²) in [5.74, 6) is 0.657. The zero-order chi connectivity index (χ0) is 13.0. The fraction of sp³-hybridized carbons (Fsp3) is 0.214. The van der Waals surface area contributed by atoms with Gasteiger partial charge in [0.2, 0.25) is 0 Å². The van der Waals surface area contributed by atoms with Crippen LogP contribution < -0.4 is 10.5 Å². The molecule has 0 fully saturated rings. The van der Waals surface area contributed by atoms with E-state index in [9.17, 15) is 0 Å². The highest BCUT2D eigenvalue weighted by Crippen LogP contribution is 2.27. The van der Waals surface area contributed by atoms with Crippen LogP contribution >= 0.6 is 11.6 Å². The van der Waals surface area contributed by atoms with Crippen LogP contribution in [0.5, 0.6) is 5.75 Å². The van der Waals surface area contributed by atoms with Crippen molar-refractivity contribution in [2.24, 2.45) is 5.73 Å². The minimum absolute atomic E-state index is 0.0325. The first-order valence-electron chi connectivity index (χ1n) is 5.73. The first kappa shape index (κ1) is 12.9. The molecule has 2 rings (SSSR count). The molecule has 94 valence electrons. The number of pyridine rings is 1. The van der Waals surface area contributed by atoms with Crippen LogP contribution in [0.2, 0.25) is 5.02 Å². The van der Waals surface area contributed by atoms with Gasteiger partial charge in [-0.2, -0.15) is 0 Å². The third-order valence-corrected chi connectivity index (χ3v) is 2.89. The summed E-state index contributed by atoms with van der Waals surface area (Å²) < 4.78 is 5.64. The maximum Gasteiger partial charge on any atom is 0.138 e. The standard InChI is InChI=1S/C14H15ClN2O/c1-10(16)12-4-5-14(13(15)7-12)18-9-11-3-2-6-17-8-11/h2-8,10H,9,16H2,1H3. The number of hydrogen-bond acceptors (Lipinski definition) is 3. The number of benzene rings is 1. The third-order valence-electron chi connectivity index (χ3n) is 2.60. The van der Waals surface area contributed by atoms with Gasteiger partial charge in [-0.05, 0) is 30.7 Å². The van der Waals surface area contributed by atoms with Gasteiger partial charge in [-0.25, -0.2) is 0 Å². The van der Waals surface area contributed by atoms with E-state index in [0.29, 0.717) is 17.4 Å². The largest absolute Gasteiger partial charge is 0.487 e. The Kier molecular flexibility index (Phi) is 4.18. The Labute approximate surface area is 112 Å². The molecule has 0 aliphatic rings. The van der Waals surface area contributed by atoms with Crippen LogP contribution in [-0.4, -0.2) is 4.98 Å². The molecule has 2 aromatic rings. The van der Waals surface area contributed by atoms with Gasteiger partial charge in [-0.1, -0.05) is 23.7 Å². The first-order chi connectivity index (χ1) is 8.66. The molecule has 1 aromatic heterocycles. The average molecular weight is 263 g/mol. The minimum Gasteiger partial charge on any atom is -0.487 e. The van der Waals surface area contributed by atoms with Crippen molar-refractivity contribution in [1.29, 1.82) is 0 Å². The van der Waals surface area contributed by atoms with Crippen molar-refractivity contribution in [3.05, 3.63) is 58.9 Å². The molecular weight excluding hydrogens is 248 g/mol. The zero-order valence-corrected chi connectivity index (χ0v) is 10.9. The molecule has 0 amide bonds. The van der Waals surface area contributed by atoms with E-state index in [1.807, 2.05) is 37.3 Å². The molecule has 18 heavy (non-hydrogen) atoms. The molecule has 1 aromatic carbocycles. The number of nitrogens with zero attached hydrogens (tertiary/aromatic N) is 1. The fourth-order valence-corrected chi connectivity index (χ4v) is 1.81. The molecule has 1 unspecified atom stereocenters. The summed E-state index contributed by atoms with van der Waals surface area (Å²) in [6.45, 7) is 2.37. The molecule has 1 heterocycles. The van der Waals surface area contributed by atoms with E-state index in [1.54, 1.807) is 12.4 Å². The van der Waals surface area contributed by atoms with Crippen molar-refractivity contribution >= 4 is 11.6 Å². The predicted octanol–water partition coefficient (Wildman–Crippen LogP) is 3.33. The summed E-state index contributed by atoms with van der Waals surface area (Å²) in [7, 11) is 0. The van der Waals surface area contributed by atoms with Crippen LogP contribution in [-0.2, 0) is 6.61 Å².